The lowest BCUT2D eigenvalue weighted by atomic mass is 9.77. The second-order valence-electron chi connectivity index (χ2n) is 6.97. The molecular weight excluding hydrogens is 321 g/mol. The lowest BCUT2D eigenvalue weighted by molar-refractivity contribution is 0.00578. The molecule has 25 heavy (non-hydrogen) atoms. The lowest BCUT2D eigenvalue weighted by Gasteiger charge is -2.32. The fourth-order valence-corrected chi connectivity index (χ4v) is 2.62. The van der Waals surface area contributed by atoms with Gasteiger partial charge in [-0.1, -0.05) is 6.08 Å². The molecule has 2 N–H and O–H groups in total. The zero-order valence-corrected chi connectivity index (χ0v) is 16.1. The van der Waals surface area contributed by atoms with Crippen LogP contribution in [0.4, 0.5) is 0 Å². The van der Waals surface area contributed by atoms with Gasteiger partial charge in [0, 0.05) is 6.54 Å². The minimum absolute atomic E-state index is 0.313. The highest BCUT2D eigenvalue weighted by atomic mass is 16.7. The van der Waals surface area contributed by atoms with Crippen LogP contribution in [-0.4, -0.2) is 46.2 Å². The predicted octanol–water partition coefficient (Wildman–Crippen LogP) is 2.69. The molecule has 7 heteroatoms. The number of ether oxygens (including phenoxy) is 3. The van der Waals surface area contributed by atoms with Crippen LogP contribution in [0.2, 0.25) is 0 Å². The Morgan fingerprint density at radius 2 is 1.48 bits per heavy atom. The van der Waals surface area contributed by atoms with Gasteiger partial charge < -0.3 is 29.3 Å². The average molecular weight is 349 g/mol. The SMILES string of the molecule is COc1cc(C=C(CN)B2OC(C)(C)C(C)(C)O2)cc(OC)c1OC. The summed E-state index contributed by atoms with van der Waals surface area (Å²) in [5.41, 5.74) is 6.83. The molecule has 0 bridgehead atoms. The number of nitrogens with two attached hydrogens (primary N) is 1. The van der Waals surface area contributed by atoms with E-state index >= 15 is 0 Å². The van der Waals surface area contributed by atoms with E-state index < -0.39 is 18.3 Å². The van der Waals surface area contributed by atoms with E-state index in [1.54, 1.807) is 21.3 Å². The van der Waals surface area contributed by atoms with Crippen molar-refractivity contribution < 1.29 is 23.5 Å². The fourth-order valence-electron chi connectivity index (χ4n) is 2.62. The molecule has 1 aliphatic rings. The molecule has 0 aromatic heterocycles. The first-order valence-corrected chi connectivity index (χ1v) is 8.25. The molecule has 6 nitrogen and oxygen atoms in total. The Labute approximate surface area is 150 Å². The Balaban J connectivity index is 2.41. The van der Waals surface area contributed by atoms with Crippen LogP contribution in [0.15, 0.2) is 17.6 Å². The summed E-state index contributed by atoms with van der Waals surface area (Å²) in [5, 5.41) is 0. The summed E-state index contributed by atoms with van der Waals surface area (Å²) in [6.45, 7) is 8.37. The molecule has 1 aromatic carbocycles. The van der Waals surface area contributed by atoms with Crippen LogP contribution in [0.25, 0.3) is 6.08 Å². The summed E-state index contributed by atoms with van der Waals surface area (Å²) < 4.78 is 28.3. The second kappa shape index (κ2) is 7.27. The fraction of sp³-hybridized carbons (Fsp3) is 0.556. The maximum absolute atomic E-state index is 6.09. The van der Waals surface area contributed by atoms with E-state index in [1.807, 2.05) is 45.9 Å². The van der Waals surface area contributed by atoms with Crippen molar-refractivity contribution >= 4 is 13.2 Å². The van der Waals surface area contributed by atoms with E-state index in [0.29, 0.717) is 23.8 Å². The van der Waals surface area contributed by atoms with Crippen molar-refractivity contribution in [3.05, 3.63) is 23.2 Å². The minimum Gasteiger partial charge on any atom is -0.493 e. The van der Waals surface area contributed by atoms with E-state index in [0.717, 1.165) is 11.0 Å². The maximum Gasteiger partial charge on any atom is 0.491 e. The molecule has 2 rings (SSSR count). The normalized spacial score (nSPS) is 19.0. The molecule has 0 spiro atoms. The predicted molar refractivity (Wildman–Crippen MR) is 99.2 cm³/mol. The van der Waals surface area contributed by atoms with Gasteiger partial charge in [-0.3, -0.25) is 0 Å². The summed E-state index contributed by atoms with van der Waals surface area (Å²) in [7, 11) is 4.26. The summed E-state index contributed by atoms with van der Waals surface area (Å²) in [5.74, 6) is 1.71. The third kappa shape index (κ3) is 3.78. The topological polar surface area (TPSA) is 72.2 Å². The van der Waals surface area contributed by atoms with Gasteiger partial charge in [0.25, 0.3) is 0 Å². The summed E-state index contributed by atoms with van der Waals surface area (Å²) in [6, 6.07) is 3.73. The molecule has 1 heterocycles. The third-order valence-electron chi connectivity index (χ3n) is 4.83. The van der Waals surface area contributed by atoms with Crippen molar-refractivity contribution in [3.63, 3.8) is 0 Å². The lowest BCUT2D eigenvalue weighted by Crippen LogP contribution is -2.41. The Morgan fingerprint density at radius 3 is 1.84 bits per heavy atom. The molecule has 1 aromatic rings. The maximum atomic E-state index is 6.09. The molecule has 1 saturated heterocycles. The van der Waals surface area contributed by atoms with Crippen molar-refractivity contribution in [2.45, 2.75) is 38.9 Å². The molecule has 0 amide bonds. The Kier molecular flexibility index (Phi) is 5.71. The van der Waals surface area contributed by atoms with Crippen molar-refractivity contribution in [3.8, 4) is 17.2 Å². The van der Waals surface area contributed by atoms with Crippen molar-refractivity contribution in [1.82, 2.24) is 0 Å². The molecule has 0 atom stereocenters. The van der Waals surface area contributed by atoms with Crippen molar-refractivity contribution in [2.75, 3.05) is 27.9 Å². The van der Waals surface area contributed by atoms with Gasteiger partial charge in [-0.2, -0.15) is 0 Å². The zero-order valence-electron chi connectivity index (χ0n) is 16.1. The van der Waals surface area contributed by atoms with Gasteiger partial charge in [0.05, 0.1) is 32.5 Å². The summed E-state index contributed by atoms with van der Waals surface area (Å²) in [6.07, 6.45) is 1.94. The van der Waals surface area contributed by atoms with Gasteiger partial charge in [0.15, 0.2) is 11.5 Å². The third-order valence-corrected chi connectivity index (χ3v) is 4.83. The second-order valence-corrected chi connectivity index (χ2v) is 6.97. The number of rotatable bonds is 6. The number of benzene rings is 1. The first kappa shape index (κ1) is 19.6. The Hall–Kier alpha value is -1.70. The van der Waals surface area contributed by atoms with E-state index in [9.17, 15) is 0 Å². The van der Waals surface area contributed by atoms with Gasteiger partial charge in [0.2, 0.25) is 5.75 Å². The number of hydrogen-bond donors (Lipinski definition) is 1. The highest BCUT2D eigenvalue weighted by Crippen LogP contribution is 2.41. The van der Waals surface area contributed by atoms with Gasteiger partial charge >= 0.3 is 7.12 Å². The Morgan fingerprint density at radius 1 is 1.00 bits per heavy atom. The standard InChI is InChI=1S/C18H28BNO5/c1-17(2)18(3,4)25-19(24-17)13(11-20)8-12-9-14(21-5)16(23-7)15(10-12)22-6/h8-10H,11,20H2,1-7H3. The number of hydrogen-bond acceptors (Lipinski definition) is 6. The van der Waals surface area contributed by atoms with E-state index in [4.69, 9.17) is 29.3 Å². The van der Waals surface area contributed by atoms with Crippen LogP contribution in [0, 0.1) is 0 Å². The first-order chi connectivity index (χ1) is 11.7. The van der Waals surface area contributed by atoms with Crippen molar-refractivity contribution in [2.24, 2.45) is 5.73 Å². The van der Waals surface area contributed by atoms with Crippen LogP contribution in [0.1, 0.15) is 33.3 Å². The molecule has 0 unspecified atom stereocenters. The summed E-state index contributed by atoms with van der Waals surface area (Å²) in [4.78, 5) is 0. The molecule has 1 fully saturated rings. The van der Waals surface area contributed by atoms with Crippen LogP contribution in [0.5, 0.6) is 17.2 Å². The molecule has 1 aliphatic heterocycles. The largest absolute Gasteiger partial charge is 0.493 e. The highest BCUT2D eigenvalue weighted by molar-refractivity contribution is 6.55. The monoisotopic (exact) mass is 349 g/mol. The van der Waals surface area contributed by atoms with Crippen LogP contribution in [0.3, 0.4) is 0 Å². The molecular formula is C18H28BNO5. The van der Waals surface area contributed by atoms with Crippen LogP contribution >= 0.6 is 0 Å². The first-order valence-electron chi connectivity index (χ1n) is 8.25. The van der Waals surface area contributed by atoms with Crippen molar-refractivity contribution in [1.29, 1.82) is 0 Å². The quantitative estimate of drug-likeness (QED) is 0.796. The van der Waals surface area contributed by atoms with Gasteiger partial charge in [-0.05, 0) is 50.9 Å². The molecule has 0 saturated carbocycles. The van der Waals surface area contributed by atoms with Crippen LogP contribution in [-0.2, 0) is 9.31 Å². The van der Waals surface area contributed by atoms with E-state index in [1.165, 1.54) is 0 Å². The molecule has 0 aliphatic carbocycles. The van der Waals surface area contributed by atoms with Gasteiger partial charge in [-0.25, -0.2) is 0 Å². The van der Waals surface area contributed by atoms with E-state index in [-0.39, 0.29) is 0 Å². The Bertz CT molecular complexity index is 616. The minimum atomic E-state index is -0.492. The van der Waals surface area contributed by atoms with E-state index in [2.05, 4.69) is 0 Å². The molecule has 0 radical (unpaired) electrons. The smallest absolute Gasteiger partial charge is 0.491 e. The molecule has 138 valence electrons. The van der Waals surface area contributed by atoms with Crippen LogP contribution < -0.4 is 19.9 Å². The van der Waals surface area contributed by atoms with Gasteiger partial charge in [-0.15, -0.1) is 0 Å². The average Bonchev–Trinajstić information content (AvgIpc) is 2.79. The van der Waals surface area contributed by atoms with Gasteiger partial charge in [0.1, 0.15) is 0 Å². The number of methoxy groups -OCH3 is 3. The zero-order chi connectivity index (χ0) is 18.8. The summed E-state index contributed by atoms with van der Waals surface area (Å²) >= 11 is 0. The highest BCUT2D eigenvalue weighted by Gasteiger charge is 2.52.